The normalized spacial score (nSPS) is 20.4. The van der Waals surface area contributed by atoms with Gasteiger partial charge in [0.05, 0.1) is 17.8 Å². The second kappa shape index (κ2) is 7.98. The molecule has 0 bridgehead atoms. The Bertz CT molecular complexity index is 848. The monoisotopic (exact) mass is 450 g/mol. The van der Waals surface area contributed by atoms with E-state index in [4.69, 9.17) is 21.1 Å². The molecule has 2 atom stereocenters. The third-order valence-electron chi connectivity index (χ3n) is 4.93. The van der Waals surface area contributed by atoms with Gasteiger partial charge in [0, 0.05) is 22.5 Å². The van der Waals surface area contributed by atoms with E-state index in [1.807, 2.05) is 36.4 Å². The van der Waals surface area contributed by atoms with Crippen LogP contribution in [0, 0.1) is 0 Å². The number of alkyl carbamates (subject to hydrolysis) is 1. The van der Waals surface area contributed by atoms with Gasteiger partial charge in [0.15, 0.2) is 5.75 Å². The highest BCUT2D eigenvalue weighted by Crippen LogP contribution is 2.48. The van der Waals surface area contributed by atoms with E-state index in [-0.39, 0.29) is 12.1 Å². The molecular weight excluding hydrogens is 432 g/mol. The molecule has 4 rings (SSSR count). The van der Waals surface area contributed by atoms with E-state index in [1.54, 1.807) is 0 Å². The Labute approximate surface area is 171 Å². The molecule has 142 valence electrons. The molecule has 1 amide bonds. The van der Waals surface area contributed by atoms with Gasteiger partial charge in [-0.05, 0) is 37.1 Å². The Morgan fingerprint density at radius 2 is 2.15 bits per heavy atom. The number of piperidine rings is 1. The standard InChI is InChI=1S/C20H20BrClN2O3/c21-9-11-26-20(25)23-15-5-3-10-24-16-12-13(22)7-8-18(16)27-17-6-2-1-4-14(17)19(15)24/h1-2,4,6-8,12,15,19H,3,5,9-11H2,(H,23,25)/t15-,19+/m1/s1. The molecule has 7 heteroatoms. The molecule has 1 fully saturated rings. The van der Waals surface area contributed by atoms with Gasteiger partial charge in [-0.15, -0.1) is 0 Å². The van der Waals surface area contributed by atoms with Gasteiger partial charge in [-0.25, -0.2) is 4.79 Å². The Hall–Kier alpha value is -1.92. The molecule has 0 saturated carbocycles. The van der Waals surface area contributed by atoms with E-state index in [0.29, 0.717) is 17.0 Å². The van der Waals surface area contributed by atoms with Crippen LogP contribution in [-0.2, 0) is 4.74 Å². The van der Waals surface area contributed by atoms with Crippen LogP contribution in [0.5, 0.6) is 11.5 Å². The lowest BCUT2D eigenvalue weighted by atomic mass is 9.89. The summed E-state index contributed by atoms with van der Waals surface area (Å²) in [7, 11) is 0. The number of hydrogen-bond acceptors (Lipinski definition) is 4. The van der Waals surface area contributed by atoms with Crippen LogP contribution in [0.4, 0.5) is 10.5 Å². The average Bonchev–Trinajstić information content (AvgIpc) is 2.81. The number of nitrogens with zero attached hydrogens (tertiary/aromatic N) is 1. The number of carbonyl (C=O) groups is 1. The first-order chi connectivity index (χ1) is 13.2. The highest BCUT2D eigenvalue weighted by Gasteiger charge is 2.38. The number of hydrogen-bond donors (Lipinski definition) is 1. The van der Waals surface area contributed by atoms with Crippen LogP contribution in [0.25, 0.3) is 0 Å². The maximum absolute atomic E-state index is 12.2. The molecular formula is C20H20BrClN2O3. The number of fused-ring (bicyclic) bond motifs is 5. The van der Waals surface area contributed by atoms with E-state index in [0.717, 1.165) is 42.1 Å². The molecule has 0 aromatic heterocycles. The van der Waals surface area contributed by atoms with Gasteiger partial charge in [-0.1, -0.05) is 45.7 Å². The Morgan fingerprint density at radius 1 is 1.30 bits per heavy atom. The number of benzene rings is 2. The summed E-state index contributed by atoms with van der Waals surface area (Å²) in [5, 5.41) is 4.33. The highest BCUT2D eigenvalue weighted by atomic mass is 79.9. The van der Waals surface area contributed by atoms with Crippen LogP contribution in [0.15, 0.2) is 42.5 Å². The number of carbonyl (C=O) groups excluding carboxylic acids is 1. The van der Waals surface area contributed by atoms with Gasteiger partial charge in [-0.3, -0.25) is 0 Å². The number of nitrogens with one attached hydrogen (secondary N) is 1. The third-order valence-corrected chi connectivity index (χ3v) is 5.49. The molecule has 27 heavy (non-hydrogen) atoms. The summed E-state index contributed by atoms with van der Waals surface area (Å²) in [6.45, 7) is 1.20. The zero-order valence-corrected chi connectivity index (χ0v) is 17.0. The van der Waals surface area contributed by atoms with Gasteiger partial charge >= 0.3 is 6.09 Å². The maximum atomic E-state index is 12.2. The van der Waals surface area contributed by atoms with Gasteiger partial charge in [0.25, 0.3) is 0 Å². The molecule has 0 aliphatic carbocycles. The van der Waals surface area contributed by atoms with Gasteiger partial charge in [0.1, 0.15) is 12.4 Å². The Balaban J connectivity index is 1.74. The zero-order chi connectivity index (χ0) is 18.8. The van der Waals surface area contributed by atoms with Crippen molar-refractivity contribution in [3.63, 3.8) is 0 Å². The summed E-state index contributed by atoms with van der Waals surface area (Å²) < 4.78 is 11.4. The summed E-state index contributed by atoms with van der Waals surface area (Å²) in [6, 6.07) is 13.5. The lowest BCUT2D eigenvalue weighted by Gasteiger charge is -2.42. The van der Waals surface area contributed by atoms with Gasteiger partial charge in [0.2, 0.25) is 0 Å². The highest BCUT2D eigenvalue weighted by molar-refractivity contribution is 9.09. The number of amides is 1. The summed E-state index contributed by atoms with van der Waals surface area (Å²) in [5.74, 6) is 1.58. The predicted octanol–water partition coefficient (Wildman–Crippen LogP) is 5.28. The summed E-state index contributed by atoms with van der Waals surface area (Å²) in [6.07, 6.45) is 1.43. The van der Waals surface area contributed by atoms with Crippen molar-refractivity contribution in [2.75, 3.05) is 23.4 Å². The van der Waals surface area contributed by atoms with Crippen molar-refractivity contribution in [1.82, 2.24) is 5.32 Å². The van der Waals surface area contributed by atoms with Crippen LogP contribution in [0.3, 0.4) is 0 Å². The first-order valence-corrected chi connectivity index (χ1v) is 10.5. The number of anilines is 1. The van der Waals surface area contributed by atoms with Crippen molar-refractivity contribution in [3.8, 4) is 11.5 Å². The van der Waals surface area contributed by atoms with Crippen LogP contribution >= 0.6 is 27.5 Å². The van der Waals surface area contributed by atoms with Crippen molar-refractivity contribution in [2.24, 2.45) is 0 Å². The van der Waals surface area contributed by atoms with Crippen LogP contribution in [0.1, 0.15) is 24.4 Å². The summed E-state index contributed by atoms with van der Waals surface area (Å²) >= 11 is 9.55. The average molecular weight is 452 g/mol. The second-order valence-corrected chi connectivity index (χ2v) is 7.84. The molecule has 1 saturated heterocycles. The number of ether oxygens (including phenoxy) is 2. The SMILES string of the molecule is O=C(N[C@@H]1CCCN2c3cc(Cl)ccc3Oc3ccccc3[C@@H]12)OCCBr. The smallest absolute Gasteiger partial charge is 0.407 e. The number of halogens is 2. The quantitative estimate of drug-likeness (QED) is 0.645. The van der Waals surface area contributed by atoms with Crippen LogP contribution < -0.4 is 15.0 Å². The minimum absolute atomic E-state index is 0.0498. The van der Waals surface area contributed by atoms with Crippen LogP contribution in [-0.4, -0.2) is 30.6 Å². The lowest BCUT2D eigenvalue weighted by molar-refractivity contribution is 0.145. The van der Waals surface area contributed by atoms with Crippen molar-refractivity contribution >= 4 is 39.3 Å². The van der Waals surface area contributed by atoms with Crippen LogP contribution in [0.2, 0.25) is 5.02 Å². The van der Waals surface area contributed by atoms with Crippen molar-refractivity contribution in [3.05, 3.63) is 53.1 Å². The molecule has 1 N–H and O–H groups in total. The third kappa shape index (κ3) is 3.73. The lowest BCUT2D eigenvalue weighted by Crippen LogP contribution is -2.50. The predicted molar refractivity (Wildman–Crippen MR) is 109 cm³/mol. The van der Waals surface area contributed by atoms with Crippen molar-refractivity contribution in [2.45, 2.75) is 24.9 Å². The first kappa shape index (κ1) is 18.4. The number of alkyl halides is 1. The number of rotatable bonds is 3. The fourth-order valence-corrected chi connectivity index (χ4v) is 4.19. The van der Waals surface area contributed by atoms with Crippen molar-refractivity contribution in [1.29, 1.82) is 0 Å². The van der Waals surface area contributed by atoms with Crippen molar-refractivity contribution < 1.29 is 14.3 Å². The summed E-state index contributed by atoms with van der Waals surface area (Å²) in [5.41, 5.74) is 2.00. The molecule has 5 nitrogen and oxygen atoms in total. The largest absolute Gasteiger partial charge is 0.455 e. The zero-order valence-electron chi connectivity index (χ0n) is 14.7. The Morgan fingerprint density at radius 3 is 3.00 bits per heavy atom. The van der Waals surface area contributed by atoms with E-state index in [1.165, 1.54) is 0 Å². The number of para-hydroxylation sites is 1. The molecule has 2 aromatic rings. The van der Waals surface area contributed by atoms with E-state index in [2.05, 4.69) is 32.2 Å². The maximum Gasteiger partial charge on any atom is 0.407 e. The molecule has 0 spiro atoms. The van der Waals surface area contributed by atoms with Gasteiger partial charge < -0.3 is 19.7 Å². The molecule has 2 aliphatic heterocycles. The minimum Gasteiger partial charge on any atom is -0.455 e. The molecule has 2 aromatic carbocycles. The minimum atomic E-state index is -0.393. The Kier molecular flexibility index (Phi) is 5.45. The molecule has 0 unspecified atom stereocenters. The molecule has 2 heterocycles. The van der Waals surface area contributed by atoms with E-state index in [9.17, 15) is 4.79 Å². The first-order valence-electron chi connectivity index (χ1n) is 8.99. The topological polar surface area (TPSA) is 50.8 Å². The van der Waals surface area contributed by atoms with Gasteiger partial charge in [-0.2, -0.15) is 0 Å². The fraction of sp³-hybridized carbons (Fsp3) is 0.350. The second-order valence-electron chi connectivity index (χ2n) is 6.61. The molecule has 2 aliphatic rings. The van der Waals surface area contributed by atoms with E-state index >= 15 is 0 Å². The van der Waals surface area contributed by atoms with E-state index < -0.39 is 6.09 Å². The summed E-state index contributed by atoms with van der Waals surface area (Å²) in [4.78, 5) is 14.5. The fourth-order valence-electron chi connectivity index (χ4n) is 3.86. The molecule has 0 radical (unpaired) electrons.